The van der Waals surface area contributed by atoms with Crippen LogP contribution >= 0.6 is 23.1 Å². The van der Waals surface area contributed by atoms with Crippen LogP contribution in [0.5, 0.6) is 0 Å². The van der Waals surface area contributed by atoms with E-state index in [0.717, 1.165) is 35.2 Å². The summed E-state index contributed by atoms with van der Waals surface area (Å²) >= 11 is 2.87. The van der Waals surface area contributed by atoms with E-state index in [2.05, 4.69) is 9.97 Å². The largest absolute Gasteiger partial charge is 0.301 e. The van der Waals surface area contributed by atoms with Gasteiger partial charge in [0.2, 0.25) is 0 Å². The van der Waals surface area contributed by atoms with Crippen molar-refractivity contribution in [2.45, 2.75) is 36.1 Å². The first kappa shape index (κ1) is 15.6. The average Bonchev–Trinajstić information content (AvgIpc) is 3.02. The van der Waals surface area contributed by atoms with Crippen LogP contribution < -0.4 is 5.56 Å². The molecule has 1 atom stereocenters. The Labute approximate surface area is 147 Å². The van der Waals surface area contributed by atoms with E-state index in [4.69, 9.17) is 0 Å². The van der Waals surface area contributed by atoms with Gasteiger partial charge in [0.15, 0.2) is 5.16 Å². The molecule has 4 rings (SSSR count). The molecule has 6 heteroatoms. The second kappa shape index (κ2) is 6.53. The van der Waals surface area contributed by atoms with E-state index >= 15 is 0 Å². The number of carbonyl (C=O) groups excluding carboxylic acids is 1. The number of aromatic nitrogens is 2. The predicted octanol–water partition coefficient (Wildman–Crippen LogP) is 4.26. The minimum atomic E-state index is -0.133. The van der Waals surface area contributed by atoms with Gasteiger partial charge in [0, 0.05) is 17.4 Å². The number of H-pyrrole nitrogens is 1. The maximum absolute atomic E-state index is 12.6. The molecule has 1 N–H and O–H groups in total. The van der Waals surface area contributed by atoms with Gasteiger partial charge in [-0.3, -0.25) is 9.59 Å². The zero-order valence-corrected chi connectivity index (χ0v) is 14.6. The molecule has 0 saturated heterocycles. The number of carbonyl (C=O) groups is 1. The van der Waals surface area contributed by atoms with Crippen LogP contribution in [0.1, 0.15) is 25.7 Å². The van der Waals surface area contributed by atoms with Crippen LogP contribution in [-0.2, 0) is 4.79 Å². The molecule has 0 amide bonds. The van der Waals surface area contributed by atoms with Crippen molar-refractivity contribution in [1.29, 1.82) is 0 Å². The number of hydrogen-bond acceptors (Lipinski definition) is 5. The third kappa shape index (κ3) is 2.91. The van der Waals surface area contributed by atoms with E-state index in [-0.39, 0.29) is 16.6 Å². The summed E-state index contributed by atoms with van der Waals surface area (Å²) in [5, 5.41) is 3.08. The van der Waals surface area contributed by atoms with Gasteiger partial charge in [-0.2, -0.15) is 0 Å². The molecule has 1 aromatic carbocycles. The van der Waals surface area contributed by atoms with Gasteiger partial charge in [0.25, 0.3) is 5.56 Å². The number of thioether (sulfide) groups is 1. The molecule has 3 aromatic rings. The lowest BCUT2D eigenvalue weighted by Crippen LogP contribution is -2.22. The van der Waals surface area contributed by atoms with Crippen LogP contribution in [0.15, 0.2) is 45.7 Å². The highest BCUT2D eigenvalue weighted by molar-refractivity contribution is 8.00. The molecule has 0 aliphatic heterocycles. The molecule has 0 radical (unpaired) electrons. The highest BCUT2D eigenvalue weighted by Crippen LogP contribution is 2.33. The van der Waals surface area contributed by atoms with Crippen LogP contribution in [-0.4, -0.2) is 21.0 Å². The zero-order chi connectivity index (χ0) is 16.5. The maximum Gasteiger partial charge on any atom is 0.260 e. The van der Waals surface area contributed by atoms with Gasteiger partial charge < -0.3 is 4.98 Å². The van der Waals surface area contributed by atoms with Gasteiger partial charge in [-0.15, -0.1) is 11.3 Å². The summed E-state index contributed by atoms with van der Waals surface area (Å²) in [6, 6.07) is 9.85. The summed E-state index contributed by atoms with van der Waals surface area (Å²) in [6.07, 6.45) is 3.55. The molecule has 2 aromatic heterocycles. The molecule has 0 unspecified atom stereocenters. The third-order valence-corrected chi connectivity index (χ3v) is 6.33. The lowest BCUT2D eigenvalue weighted by atomic mass is 9.99. The summed E-state index contributed by atoms with van der Waals surface area (Å²) < 4.78 is 0. The van der Waals surface area contributed by atoms with Crippen LogP contribution in [0.2, 0.25) is 0 Å². The number of nitrogens with one attached hydrogen (secondary N) is 1. The Morgan fingerprint density at radius 1 is 1.17 bits per heavy atom. The van der Waals surface area contributed by atoms with Crippen molar-refractivity contribution in [3.8, 4) is 11.1 Å². The van der Waals surface area contributed by atoms with Gasteiger partial charge >= 0.3 is 0 Å². The number of benzene rings is 1. The highest BCUT2D eigenvalue weighted by atomic mass is 32.2. The number of Topliss-reactive ketones (excluding diaryl/α,β-unsaturated/α-hetero) is 1. The molecule has 122 valence electrons. The molecule has 0 bridgehead atoms. The summed E-state index contributed by atoms with van der Waals surface area (Å²) in [4.78, 5) is 32.8. The minimum Gasteiger partial charge on any atom is -0.301 e. The number of nitrogens with zero attached hydrogens (tertiary/aromatic N) is 1. The Morgan fingerprint density at radius 3 is 2.79 bits per heavy atom. The van der Waals surface area contributed by atoms with Crippen molar-refractivity contribution in [3.63, 3.8) is 0 Å². The standard InChI is InChI=1S/C18H16N2O2S2/c21-13-8-4-5-9-14(13)24-18-19-16(22)15-12(10-23-17(15)20-18)11-6-2-1-3-7-11/h1-3,6-7,10,14H,4-5,8-9H2,(H,19,20,22)/t14-/m0/s1. The van der Waals surface area contributed by atoms with Crippen LogP contribution in [0.3, 0.4) is 0 Å². The molecule has 1 fully saturated rings. The van der Waals surface area contributed by atoms with Crippen LogP contribution in [0.25, 0.3) is 21.3 Å². The van der Waals surface area contributed by atoms with Gasteiger partial charge in [-0.1, -0.05) is 48.5 Å². The normalized spacial score (nSPS) is 18.2. The first-order valence-electron chi connectivity index (χ1n) is 7.98. The van der Waals surface area contributed by atoms with E-state index in [9.17, 15) is 9.59 Å². The number of aromatic amines is 1. The molecule has 1 aliphatic rings. The van der Waals surface area contributed by atoms with Crippen molar-refractivity contribution >= 4 is 39.1 Å². The Balaban J connectivity index is 1.71. The van der Waals surface area contributed by atoms with Crippen molar-refractivity contribution in [2.75, 3.05) is 0 Å². The molecule has 0 spiro atoms. The average molecular weight is 356 g/mol. The second-order valence-electron chi connectivity index (χ2n) is 5.89. The van der Waals surface area contributed by atoms with Crippen molar-refractivity contribution in [2.24, 2.45) is 0 Å². The summed E-state index contributed by atoms with van der Waals surface area (Å²) in [7, 11) is 0. The molecule has 4 nitrogen and oxygen atoms in total. The maximum atomic E-state index is 12.6. The topological polar surface area (TPSA) is 62.8 Å². The lowest BCUT2D eigenvalue weighted by molar-refractivity contribution is -0.119. The summed E-state index contributed by atoms with van der Waals surface area (Å²) in [5.74, 6) is 0.269. The SMILES string of the molecule is O=C1CCCC[C@@H]1Sc1nc2scc(-c3ccccc3)c2c(=O)[nH]1. The molecule has 1 aliphatic carbocycles. The number of rotatable bonds is 3. The van der Waals surface area contributed by atoms with E-state index in [1.54, 1.807) is 0 Å². The zero-order valence-electron chi connectivity index (χ0n) is 13.0. The quantitative estimate of drug-likeness (QED) is 0.713. The first-order valence-corrected chi connectivity index (χ1v) is 9.74. The van der Waals surface area contributed by atoms with Gasteiger partial charge in [-0.05, 0) is 18.4 Å². The number of hydrogen-bond donors (Lipinski definition) is 1. The minimum absolute atomic E-state index is 0.0760. The Kier molecular flexibility index (Phi) is 4.24. The number of fused-ring (bicyclic) bond motifs is 1. The van der Waals surface area contributed by atoms with Gasteiger partial charge in [-0.25, -0.2) is 4.98 Å². The third-order valence-electron chi connectivity index (χ3n) is 4.26. The smallest absolute Gasteiger partial charge is 0.260 e. The summed E-state index contributed by atoms with van der Waals surface area (Å²) in [5.41, 5.74) is 1.79. The second-order valence-corrected chi connectivity index (χ2v) is 7.93. The monoisotopic (exact) mass is 356 g/mol. The van der Waals surface area contributed by atoms with Crippen molar-refractivity contribution in [3.05, 3.63) is 46.1 Å². The van der Waals surface area contributed by atoms with Crippen molar-refractivity contribution < 1.29 is 4.79 Å². The predicted molar refractivity (Wildman–Crippen MR) is 98.8 cm³/mol. The lowest BCUT2D eigenvalue weighted by Gasteiger charge is -2.18. The highest BCUT2D eigenvalue weighted by Gasteiger charge is 2.24. The van der Waals surface area contributed by atoms with Crippen LogP contribution in [0, 0.1) is 0 Å². The van der Waals surface area contributed by atoms with E-state index in [0.29, 0.717) is 17.0 Å². The molecular formula is C18H16N2O2S2. The van der Waals surface area contributed by atoms with Crippen molar-refractivity contribution in [1.82, 2.24) is 9.97 Å². The van der Waals surface area contributed by atoms with E-state index in [1.807, 2.05) is 35.7 Å². The molecule has 2 heterocycles. The molecular weight excluding hydrogens is 340 g/mol. The van der Waals surface area contributed by atoms with Gasteiger partial charge in [0.05, 0.1) is 10.6 Å². The molecule has 24 heavy (non-hydrogen) atoms. The fraction of sp³-hybridized carbons (Fsp3) is 0.278. The fourth-order valence-corrected chi connectivity index (χ4v) is 5.13. The fourth-order valence-electron chi connectivity index (χ4n) is 3.03. The van der Waals surface area contributed by atoms with Crippen LogP contribution in [0.4, 0.5) is 0 Å². The van der Waals surface area contributed by atoms with E-state index in [1.165, 1.54) is 23.1 Å². The first-order chi connectivity index (χ1) is 11.7. The Bertz CT molecular complexity index is 947. The number of ketones is 1. The Hall–Kier alpha value is -1.92. The number of thiophene rings is 1. The van der Waals surface area contributed by atoms with Gasteiger partial charge in [0.1, 0.15) is 10.6 Å². The molecule has 1 saturated carbocycles. The Morgan fingerprint density at radius 2 is 2.00 bits per heavy atom. The summed E-state index contributed by atoms with van der Waals surface area (Å²) in [6.45, 7) is 0. The van der Waals surface area contributed by atoms with E-state index < -0.39 is 0 Å².